The molecular weight excluding hydrogens is 236 g/mol. The molecule has 0 saturated heterocycles. The fourth-order valence-electron chi connectivity index (χ4n) is 1.99. The molecule has 2 heterocycles. The molecule has 18 heavy (non-hydrogen) atoms. The van der Waals surface area contributed by atoms with Gasteiger partial charge in [-0.05, 0) is 19.8 Å². The first-order valence-electron chi connectivity index (χ1n) is 5.74. The molecule has 0 atom stereocenters. The van der Waals surface area contributed by atoms with E-state index in [1.807, 2.05) is 6.92 Å². The standard InChI is InChI=1S/C11H12N4O3/c1-6-4-8(18-13-6)5-15-10(7-2-3-7)9(11(16)17)12-14-15/h4,7H,2-3,5H2,1H3,(H,16,17). The smallest absolute Gasteiger partial charge is 0.358 e. The summed E-state index contributed by atoms with van der Waals surface area (Å²) in [7, 11) is 0. The molecule has 1 fully saturated rings. The van der Waals surface area contributed by atoms with E-state index in [1.54, 1.807) is 10.7 Å². The lowest BCUT2D eigenvalue weighted by Gasteiger charge is -2.02. The van der Waals surface area contributed by atoms with Gasteiger partial charge in [-0.1, -0.05) is 10.4 Å². The zero-order chi connectivity index (χ0) is 12.7. The Bertz CT molecular complexity index is 597. The van der Waals surface area contributed by atoms with Gasteiger partial charge in [0.15, 0.2) is 11.5 Å². The molecule has 1 saturated carbocycles. The fraction of sp³-hybridized carbons (Fsp3) is 0.455. The first-order chi connectivity index (χ1) is 8.65. The summed E-state index contributed by atoms with van der Waals surface area (Å²) in [5.74, 6) is -0.122. The van der Waals surface area contributed by atoms with Gasteiger partial charge in [-0.3, -0.25) is 0 Å². The molecule has 0 bridgehead atoms. The topological polar surface area (TPSA) is 94.0 Å². The second kappa shape index (κ2) is 3.94. The van der Waals surface area contributed by atoms with Gasteiger partial charge in [0.25, 0.3) is 0 Å². The zero-order valence-corrected chi connectivity index (χ0v) is 9.83. The molecule has 0 aliphatic heterocycles. The molecule has 7 heteroatoms. The number of carboxylic acid groups (broad SMARTS) is 1. The number of aromatic carboxylic acids is 1. The SMILES string of the molecule is Cc1cc(Cn2nnc(C(=O)O)c2C2CC2)on1. The second-order valence-electron chi connectivity index (χ2n) is 4.49. The van der Waals surface area contributed by atoms with E-state index in [9.17, 15) is 4.79 Å². The van der Waals surface area contributed by atoms with Crippen LogP contribution >= 0.6 is 0 Å². The normalized spacial score (nSPS) is 14.9. The van der Waals surface area contributed by atoms with Crippen molar-refractivity contribution >= 4 is 5.97 Å². The number of hydrogen-bond acceptors (Lipinski definition) is 5. The van der Waals surface area contributed by atoms with E-state index < -0.39 is 5.97 Å². The van der Waals surface area contributed by atoms with Crippen molar-refractivity contribution < 1.29 is 14.4 Å². The van der Waals surface area contributed by atoms with Crippen molar-refractivity contribution in [2.45, 2.75) is 32.2 Å². The van der Waals surface area contributed by atoms with Gasteiger partial charge in [0, 0.05) is 12.0 Å². The minimum absolute atomic E-state index is 0.0498. The summed E-state index contributed by atoms with van der Waals surface area (Å²) in [6.45, 7) is 2.20. The maximum atomic E-state index is 11.1. The van der Waals surface area contributed by atoms with E-state index in [4.69, 9.17) is 9.63 Å². The van der Waals surface area contributed by atoms with Crippen LogP contribution in [0.5, 0.6) is 0 Å². The van der Waals surface area contributed by atoms with Crippen LogP contribution < -0.4 is 0 Å². The first-order valence-corrected chi connectivity index (χ1v) is 5.74. The molecule has 1 aliphatic carbocycles. The van der Waals surface area contributed by atoms with Gasteiger partial charge in [-0.2, -0.15) is 0 Å². The van der Waals surface area contributed by atoms with Crippen LogP contribution in [0.3, 0.4) is 0 Å². The Morgan fingerprint density at radius 3 is 2.94 bits per heavy atom. The van der Waals surface area contributed by atoms with Gasteiger partial charge < -0.3 is 9.63 Å². The van der Waals surface area contributed by atoms with Gasteiger partial charge >= 0.3 is 5.97 Å². The van der Waals surface area contributed by atoms with E-state index >= 15 is 0 Å². The lowest BCUT2D eigenvalue weighted by atomic mass is 10.2. The summed E-state index contributed by atoms with van der Waals surface area (Å²) in [5.41, 5.74) is 1.53. The maximum Gasteiger partial charge on any atom is 0.358 e. The predicted molar refractivity (Wildman–Crippen MR) is 59.3 cm³/mol. The molecule has 3 rings (SSSR count). The van der Waals surface area contributed by atoms with E-state index in [-0.39, 0.29) is 11.6 Å². The number of hydrogen-bond donors (Lipinski definition) is 1. The van der Waals surface area contributed by atoms with Crippen molar-refractivity contribution in [1.82, 2.24) is 20.2 Å². The average molecular weight is 248 g/mol. The van der Waals surface area contributed by atoms with Gasteiger partial charge in [0.05, 0.1) is 11.4 Å². The van der Waals surface area contributed by atoms with Crippen molar-refractivity contribution in [1.29, 1.82) is 0 Å². The van der Waals surface area contributed by atoms with Crippen molar-refractivity contribution in [2.75, 3.05) is 0 Å². The maximum absolute atomic E-state index is 11.1. The largest absolute Gasteiger partial charge is 0.476 e. The molecular formula is C11H12N4O3. The van der Waals surface area contributed by atoms with Gasteiger partial charge in [-0.15, -0.1) is 5.10 Å². The monoisotopic (exact) mass is 248 g/mol. The van der Waals surface area contributed by atoms with Crippen LogP contribution in [-0.2, 0) is 6.54 Å². The first kappa shape index (κ1) is 10.9. The lowest BCUT2D eigenvalue weighted by Crippen LogP contribution is -2.08. The summed E-state index contributed by atoms with van der Waals surface area (Å²) in [6, 6.07) is 1.80. The van der Waals surface area contributed by atoms with Crippen LogP contribution in [0.2, 0.25) is 0 Å². The Labute approximate surface area is 102 Å². The Morgan fingerprint density at radius 1 is 1.61 bits per heavy atom. The zero-order valence-electron chi connectivity index (χ0n) is 9.83. The fourth-order valence-corrected chi connectivity index (χ4v) is 1.99. The highest BCUT2D eigenvalue weighted by atomic mass is 16.5. The summed E-state index contributed by atoms with van der Waals surface area (Å²) in [5, 5.41) is 20.5. The van der Waals surface area contributed by atoms with Crippen LogP contribution in [0.4, 0.5) is 0 Å². The van der Waals surface area contributed by atoms with Crippen molar-refractivity contribution in [3.8, 4) is 0 Å². The Kier molecular flexibility index (Phi) is 2.39. The molecule has 0 aromatic carbocycles. The Hall–Kier alpha value is -2.18. The third-order valence-electron chi connectivity index (χ3n) is 2.92. The van der Waals surface area contributed by atoms with E-state index in [0.29, 0.717) is 18.0 Å². The third kappa shape index (κ3) is 1.87. The molecule has 7 nitrogen and oxygen atoms in total. The molecule has 1 aliphatic rings. The predicted octanol–water partition coefficient (Wildman–Crippen LogP) is 1.20. The van der Waals surface area contributed by atoms with Crippen LogP contribution in [-0.4, -0.2) is 31.2 Å². The summed E-state index contributed by atoms with van der Waals surface area (Å²) in [4.78, 5) is 11.1. The minimum atomic E-state index is -1.03. The summed E-state index contributed by atoms with van der Waals surface area (Å²) in [6.07, 6.45) is 1.98. The number of aryl methyl sites for hydroxylation is 1. The Morgan fingerprint density at radius 2 is 2.39 bits per heavy atom. The third-order valence-corrected chi connectivity index (χ3v) is 2.92. The van der Waals surface area contributed by atoms with E-state index in [2.05, 4.69) is 15.5 Å². The van der Waals surface area contributed by atoms with Crippen LogP contribution in [0.15, 0.2) is 10.6 Å². The number of aromatic nitrogens is 4. The molecule has 0 spiro atoms. The molecule has 0 unspecified atom stereocenters. The van der Waals surface area contributed by atoms with Crippen molar-refractivity contribution in [3.63, 3.8) is 0 Å². The highest BCUT2D eigenvalue weighted by Gasteiger charge is 2.33. The molecule has 2 aromatic rings. The molecule has 0 radical (unpaired) electrons. The number of carboxylic acids is 1. The van der Waals surface area contributed by atoms with Crippen LogP contribution in [0.25, 0.3) is 0 Å². The molecule has 0 amide bonds. The van der Waals surface area contributed by atoms with Crippen LogP contribution in [0.1, 0.15) is 46.4 Å². The number of rotatable bonds is 4. The Balaban J connectivity index is 1.94. The number of nitrogens with zero attached hydrogens (tertiary/aromatic N) is 4. The molecule has 94 valence electrons. The van der Waals surface area contributed by atoms with Gasteiger partial charge in [-0.25, -0.2) is 9.48 Å². The van der Waals surface area contributed by atoms with E-state index in [0.717, 1.165) is 18.5 Å². The quantitative estimate of drug-likeness (QED) is 0.873. The highest BCUT2D eigenvalue weighted by Crippen LogP contribution is 2.41. The van der Waals surface area contributed by atoms with Crippen LogP contribution in [0, 0.1) is 6.92 Å². The van der Waals surface area contributed by atoms with E-state index in [1.165, 1.54) is 0 Å². The van der Waals surface area contributed by atoms with Gasteiger partial charge in [0.1, 0.15) is 6.54 Å². The minimum Gasteiger partial charge on any atom is -0.476 e. The summed E-state index contributed by atoms with van der Waals surface area (Å²) < 4.78 is 6.71. The number of carbonyl (C=O) groups is 1. The average Bonchev–Trinajstić information content (AvgIpc) is 2.94. The summed E-state index contributed by atoms with van der Waals surface area (Å²) >= 11 is 0. The molecule has 2 aromatic heterocycles. The second-order valence-corrected chi connectivity index (χ2v) is 4.49. The van der Waals surface area contributed by atoms with Crippen molar-refractivity contribution in [2.24, 2.45) is 0 Å². The lowest BCUT2D eigenvalue weighted by molar-refractivity contribution is 0.0689. The highest BCUT2D eigenvalue weighted by molar-refractivity contribution is 5.86. The molecule has 1 N–H and O–H groups in total. The van der Waals surface area contributed by atoms with Gasteiger partial charge in [0.2, 0.25) is 0 Å². The van der Waals surface area contributed by atoms with Crippen molar-refractivity contribution in [3.05, 3.63) is 28.9 Å².